The van der Waals surface area contributed by atoms with Gasteiger partial charge in [0, 0.05) is 26.3 Å². The van der Waals surface area contributed by atoms with Crippen molar-refractivity contribution >= 4 is 0 Å². The van der Waals surface area contributed by atoms with Crippen LogP contribution in [0.2, 0.25) is 0 Å². The molecule has 0 spiro atoms. The molecular formula is C13H19F2NO2. The Kier molecular flexibility index (Phi) is 6.18. The van der Waals surface area contributed by atoms with E-state index in [0.29, 0.717) is 19.6 Å². The summed E-state index contributed by atoms with van der Waals surface area (Å²) in [4.78, 5) is 1.99. The van der Waals surface area contributed by atoms with Crippen molar-refractivity contribution in [2.45, 2.75) is 12.5 Å². The van der Waals surface area contributed by atoms with Gasteiger partial charge >= 0.3 is 0 Å². The van der Waals surface area contributed by atoms with E-state index in [-0.39, 0.29) is 5.56 Å². The lowest BCUT2D eigenvalue weighted by Gasteiger charge is -2.18. The van der Waals surface area contributed by atoms with E-state index in [4.69, 9.17) is 4.74 Å². The zero-order chi connectivity index (χ0) is 13.5. The minimum atomic E-state index is -0.861. The number of halogens is 2. The number of methoxy groups -OCH3 is 1. The van der Waals surface area contributed by atoms with E-state index in [1.54, 1.807) is 7.11 Å². The van der Waals surface area contributed by atoms with Crippen LogP contribution in [0.3, 0.4) is 0 Å². The Labute approximate surface area is 106 Å². The average Bonchev–Trinajstić information content (AvgIpc) is 2.32. The highest BCUT2D eigenvalue weighted by Gasteiger charge is 2.11. The molecule has 1 atom stereocenters. The van der Waals surface area contributed by atoms with Crippen molar-refractivity contribution in [3.8, 4) is 0 Å². The maximum Gasteiger partial charge on any atom is 0.126 e. The predicted octanol–water partition coefficient (Wildman–Crippen LogP) is 1.97. The third kappa shape index (κ3) is 5.08. The maximum absolute atomic E-state index is 13.0. The fourth-order valence-corrected chi connectivity index (χ4v) is 1.64. The van der Waals surface area contributed by atoms with Crippen LogP contribution in [0.5, 0.6) is 0 Å². The van der Waals surface area contributed by atoms with Gasteiger partial charge in [-0.3, -0.25) is 0 Å². The lowest BCUT2D eigenvalue weighted by atomic mass is 10.1. The highest BCUT2D eigenvalue weighted by molar-refractivity contribution is 5.20. The molecule has 0 aliphatic rings. The van der Waals surface area contributed by atoms with Gasteiger partial charge in [-0.15, -0.1) is 0 Å². The minimum Gasteiger partial charge on any atom is -0.388 e. The first-order chi connectivity index (χ1) is 8.52. The Morgan fingerprint density at radius 2 is 1.83 bits per heavy atom. The average molecular weight is 259 g/mol. The molecule has 1 unspecified atom stereocenters. The Hall–Kier alpha value is -1.04. The Bertz CT molecular complexity index is 354. The summed E-state index contributed by atoms with van der Waals surface area (Å²) in [6.45, 7) is 1.99. The molecule has 0 radical (unpaired) electrons. The fraction of sp³-hybridized carbons (Fsp3) is 0.538. The number of ether oxygens (including phenoxy) is 1. The molecule has 1 rings (SSSR count). The van der Waals surface area contributed by atoms with Gasteiger partial charge in [-0.1, -0.05) is 0 Å². The zero-order valence-electron chi connectivity index (χ0n) is 10.7. The third-order valence-electron chi connectivity index (χ3n) is 2.73. The summed E-state index contributed by atoms with van der Waals surface area (Å²) in [5.41, 5.74) is 0.271. The lowest BCUT2D eigenvalue weighted by molar-refractivity contribution is 0.128. The third-order valence-corrected chi connectivity index (χ3v) is 2.73. The van der Waals surface area contributed by atoms with Crippen molar-refractivity contribution in [2.24, 2.45) is 0 Å². The number of likely N-dealkylation sites (N-methyl/N-ethyl adjacent to an activating group) is 1. The van der Waals surface area contributed by atoms with Crippen LogP contribution in [-0.4, -0.2) is 43.9 Å². The van der Waals surface area contributed by atoms with Crippen LogP contribution in [0, 0.1) is 11.6 Å². The highest BCUT2D eigenvalue weighted by atomic mass is 19.1. The van der Waals surface area contributed by atoms with Crippen molar-refractivity contribution in [3.05, 3.63) is 35.4 Å². The second-order valence-corrected chi connectivity index (χ2v) is 4.30. The number of aliphatic hydroxyl groups is 1. The minimum absolute atomic E-state index is 0.271. The van der Waals surface area contributed by atoms with Gasteiger partial charge < -0.3 is 14.7 Å². The largest absolute Gasteiger partial charge is 0.388 e. The van der Waals surface area contributed by atoms with Crippen molar-refractivity contribution < 1.29 is 18.6 Å². The van der Waals surface area contributed by atoms with E-state index in [2.05, 4.69) is 0 Å². The molecule has 0 aliphatic heterocycles. The second-order valence-electron chi connectivity index (χ2n) is 4.30. The summed E-state index contributed by atoms with van der Waals surface area (Å²) in [5, 5.41) is 9.85. The van der Waals surface area contributed by atoms with Crippen LogP contribution in [0.1, 0.15) is 18.1 Å². The Morgan fingerprint density at radius 1 is 1.22 bits per heavy atom. The van der Waals surface area contributed by atoms with E-state index >= 15 is 0 Å². The number of hydrogen-bond acceptors (Lipinski definition) is 3. The van der Waals surface area contributed by atoms with Crippen molar-refractivity contribution in [1.82, 2.24) is 4.90 Å². The second kappa shape index (κ2) is 7.41. The van der Waals surface area contributed by atoms with E-state index in [0.717, 1.165) is 24.7 Å². The molecule has 0 aromatic heterocycles. The summed E-state index contributed by atoms with van der Waals surface area (Å²) in [5.74, 6) is -1.34. The van der Waals surface area contributed by atoms with Gasteiger partial charge in [-0.25, -0.2) is 8.78 Å². The molecule has 18 heavy (non-hydrogen) atoms. The van der Waals surface area contributed by atoms with Crippen LogP contribution in [0.4, 0.5) is 8.78 Å². The summed E-state index contributed by atoms with van der Waals surface area (Å²) in [7, 11) is 3.52. The monoisotopic (exact) mass is 259 g/mol. The van der Waals surface area contributed by atoms with Crippen LogP contribution in [0.25, 0.3) is 0 Å². The standard InChI is InChI=1S/C13H19F2NO2/c1-16(5-6-18-2)4-3-13(17)10-7-11(14)9-12(15)8-10/h7-9,13,17H,3-6H2,1-2H3. The van der Waals surface area contributed by atoms with Crippen LogP contribution >= 0.6 is 0 Å². The van der Waals surface area contributed by atoms with Crippen molar-refractivity contribution in [1.29, 1.82) is 0 Å². The molecule has 3 nitrogen and oxygen atoms in total. The van der Waals surface area contributed by atoms with Gasteiger partial charge in [0.05, 0.1) is 12.7 Å². The van der Waals surface area contributed by atoms with Crippen LogP contribution < -0.4 is 0 Å². The summed E-state index contributed by atoms with van der Waals surface area (Å²) in [6.07, 6.45) is -0.441. The van der Waals surface area contributed by atoms with E-state index in [1.807, 2.05) is 11.9 Å². The molecule has 0 fully saturated rings. The van der Waals surface area contributed by atoms with Crippen LogP contribution in [0.15, 0.2) is 18.2 Å². The van der Waals surface area contributed by atoms with E-state index < -0.39 is 17.7 Å². The van der Waals surface area contributed by atoms with Crippen molar-refractivity contribution in [2.75, 3.05) is 33.9 Å². The van der Waals surface area contributed by atoms with Gasteiger partial charge in [0.1, 0.15) is 11.6 Å². The zero-order valence-corrected chi connectivity index (χ0v) is 10.7. The van der Waals surface area contributed by atoms with E-state index in [9.17, 15) is 13.9 Å². The van der Waals surface area contributed by atoms with Crippen molar-refractivity contribution in [3.63, 3.8) is 0 Å². The first kappa shape index (κ1) is 15.0. The molecule has 102 valence electrons. The van der Waals surface area contributed by atoms with E-state index in [1.165, 1.54) is 0 Å². The molecular weight excluding hydrogens is 240 g/mol. The molecule has 0 bridgehead atoms. The molecule has 1 N–H and O–H groups in total. The van der Waals surface area contributed by atoms with Crippen LogP contribution in [-0.2, 0) is 4.74 Å². The number of hydrogen-bond donors (Lipinski definition) is 1. The molecule has 0 saturated heterocycles. The molecule has 0 aliphatic carbocycles. The SMILES string of the molecule is COCCN(C)CCC(O)c1cc(F)cc(F)c1. The predicted molar refractivity (Wildman–Crippen MR) is 65.3 cm³/mol. The first-order valence-electron chi connectivity index (χ1n) is 5.84. The summed E-state index contributed by atoms with van der Waals surface area (Å²) >= 11 is 0. The molecule has 0 saturated carbocycles. The first-order valence-corrected chi connectivity index (χ1v) is 5.84. The molecule has 5 heteroatoms. The fourth-order valence-electron chi connectivity index (χ4n) is 1.64. The molecule has 0 heterocycles. The molecule has 1 aromatic carbocycles. The highest BCUT2D eigenvalue weighted by Crippen LogP contribution is 2.19. The Morgan fingerprint density at radius 3 is 2.39 bits per heavy atom. The number of nitrogens with zero attached hydrogens (tertiary/aromatic N) is 1. The summed E-state index contributed by atoms with van der Waals surface area (Å²) < 4.78 is 30.9. The topological polar surface area (TPSA) is 32.7 Å². The van der Waals surface area contributed by atoms with Gasteiger partial charge in [-0.05, 0) is 31.2 Å². The number of aliphatic hydroxyl groups excluding tert-OH is 1. The normalized spacial score (nSPS) is 13.0. The quantitative estimate of drug-likeness (QED) is 0.812. The smallest absolute Gasteiger partial charge is 0.126 e. The van der Waals surface area contributed by atoms with Gasteiger partial charge in [0.25, 0.3) is 0 Å². The molecule has 1 aromatic rings. The maximum atomic E-state index is 13.0. The van der Waals surface area contributed by atoms with Gasteiger partial charge in [-0.2, -0.15) is 0 Å². The Balaban J connectivity index is 2.47. The van der Waals surface area contributed by atoms with Gasteiger partial charge in [0.15, 0.2) is 0 Å². The van der Waals surface area contributed by atoms with Gasteiger partial charge in [0.2, 0.25) is 0 Å². The molecule has 0 amide bonds. The number of benzene rings is 1. The number of rotatable bonds is 7. The lowest BCUT2D eigenvalue weighted by Crippen LogP contribution is -2.25. The summed E-state index contributed by atoms with van der Waals surface area (Å²) in [6, 6.07) is 3.10.